The van der Waals surface area contributed by atoms with Crippen LogP contribution in [0.25, 0.3) is 0 Å². The Morgan fingerprint density at radius 1 is 0.545 bits per heavy atom. The molecule has 0 radical (unpaired) electrons. The topological polar surface area (TPSA) is 0 Å². The molecule has 0 aliphatic carbocycles. The molecule has 2 heteroatoms. The van der Waals surface area contributed by atoms with E-state index in [4.69, 9.17) is 0 Å². The van der Waals surface area contributed by atoms with E-state index < -0.39 is 0 Å². The minimum absolute atomic E-state index is 0.946. The van der Waals surface area contributed by atoms with Gasteiger partial charge in [-0.25, -0.2) is 0 Å². The molecule has 0 aromatic carbocycles. The van der Waals surface area contributed by atoms with Gasteiger partial charge in [0.1, 0.15) is 0 Å². The number of hydrogen-bond donors (Lipinski definition) is 0. The van der Waals surface area contributed by atoms with Crippen molar-refractivity contribution in [1.82, 2.24) is 0 Å². The third kappa shape index (κ3) is 13.2. The summed E-state index contributed by atoms with van der Waals surface area (Å²) >= 11 is 4.38. The first-order chi connectivity index (χ1) is 10.9. The molecule has 0 unspecified atom stereocenters. The molecule has 22 heavy (non-hydrogen) atoms. The van der Waals surface area contributed by atoms with Gasteiger partial charge in [0.15, 0.2) is 0 Å². The Morgan fingerprint density at radius 3 is 1.32 bits per heavy atom. The van der Waals surface area contributed by atoms with E-state index in [9.17, 15) is 0 Å². The average molecular weight is 345 g/mol. The Balaban J connectivity index is 1.64. The lowest BCUT2D eigenvalue weighted by Gasteiger charge is -2.07. The van der Waals surface area contributed by atoms with Crippen molar-refractivity contribution >= 4 is 23.5 Å². The Labute approximate surface area is 149 Å². The van der Waals surface area contributed by atoms with Crippen LogP contribution in [-0.4, -0.2) is 16.1 Å². The summed E-state index contributed by atoms with van der Waals surface area (Å²) in [5.74, 6) is 2.79. The van der Waals surface area contributed by atoms with E-state index in [0.29, 0.717) is 0 Å². The van der Waals surface area contributed by atoms with E-state index in [-0.39, 0.29) is 0 Å². The van der Waals surface area contributed by atoms with Gasteiger partial charge in [-0.1, -0.05) is 103 Å². The molecule has 132 valence electrons. The monoisotopic (exact) mass is 344 g/mol. The quantitative estimate of drug-likeness (QED) is 0.260. The van der Waals surface area contributed by atoms with Crippen LogP contribution in [-0.2, 0) is 0 Å². The molecule has 1 heterocycles. The van der Waals surface area contributed by atoms with Crippen molar-refractivity contribution in [2.45, 2.75) is 114 Å². The van der Waals surface area contributed by atoms with Gasteiger partial charge < -0.3 is 0 Å². The van der Waals surface area contributed by atoms with Crippen LogP contribution in [0.3, 0.4) is 0 Å². The maximum atomic E-state index is 2.30. The average Bonchev–Trinajstić information content (AvgIpc) is 3.04. The third-order valence-corrected chi connectivity index (χ3v) is 7.90. The van der Waals surface area contributed by atoms with Gasteiger partial charge in [0.05, 0.1) is 4.58 Å². The van der Waals surface area contributed by atoms with Crippen LogP contribution in [0, 0.1) is 0 Å². The highest BCUT2D eigenvalue weighted by Crippen LogP contribution is 2.35. The molecule has 1 saturated heterocycles. The van der Waals surface area contributed by atoms with E-state index in [1.807, 2.05) is 0 Å². The van der Waals surface area contributed by atoms with E-state index >= 15 is 0 Å². The van der Waals surface area contributed by atoms with Crippen LogP contribution < -0.4 is 0 Å². The lowest BCUT2D eigenvalue weighted by atomic mass is 10.0. The maximum absolute atomic E-state index is 2.30. The Kier molecular flexibility index (Phi) is 15.6. The molecule has 1 fully saturated rings. The van der Waals surface area contributed by atoms with E-state index in [1.165, 1.54) is 114 Å². The predicted molar refractivity (Wildman–Crippen MR) is 108 cm³/mol. The minimum atomic E-state index is 0.946. The standard InChI is InChI=1S/C20H40S2/c1-2-3-4-5-6-7-8-9-10-11-12-13-14-15-16-17-20-21-18-19-22-20/h20H,2-19H2,1H3. The fourth-order valence-electron chi connectivity index (χ4n) is 3.26. The minimum Gasteiger partial charge on any atom is -0.147 e. The number of rotatable bonds is 16. The summed E-state index contributed by atoms with van der Waals surface area (Å²) in [5, 5.41) is 0. The summed E-state index contributed by atoms with van der Waals surface area (Å²) in [7, 11) is 0. The fraction of sp³-hybridized carbons (Fsp3) is 1.00. The summed E-state index contributed by atoms with van der Waals surface area (Å²) in [6.07, 6.45) is 23.6. The van der Waals surface area contributed by atoms with Crippen molar-refractivity contribution in [2.24, 2.45) is 0 Å². The van der Waals surface area contributed by atoms with Gasteiger partial charge >= 0.3 is 0 Å². The van der Waals surface area contributed by atoms with Gasteiger partial charge in [0.25, 0.3) is 0 Å². The summed E-state index contributed by atoms with van der Waals surface area (Å²) in [5.41, 5.74) is 0. The number of hydrogen-bond acceptors (Lipinski definition) is 2. The van der Waals surface area contributed by atoms with Crippen molar-refractivity contribution < 1.29 is 0 Å². The molecule has 0 saturated carbocycles. The Hall–Kier alpha value is 0.700. The van der Waals surface area contributed by atoms with Crippen molar-refractivity contribution in [3.8, 4) is 0 Å². The first kappa shape index (κ1) is 20.7. The predicted octanol–water partition coefficient (Wildman–Crippen LogP) is 8.05. The molecule has 0 N–H and O–H groups in total. The van der Waals surface area contributed by atoms with Crippen LogP contribution in [0.1, 0.15) is 110 Å². The molecule has 0 aromatic rings. The maximum Gasteiger partial charge on any atom is 0.0503 e. The highest BCUT2D eigenvalue weighted by molar-refractivity contribution is 8.20. The highest BCUT2D eigenvalue weighted by atomic mass is 32.2. The van der Waals surface area contributed by atoms with Gasteiger partial charge in [-0.15, -0.1) is 23.5 Å². The van der Waals surface area contributed by atoms with Crippen LogP contribution in [0.15, 0.2) is 0 Å². The number of thioether (sulfide) groups is 2. The second-order valence-corrected chi connectivity index (χ2v) is 9.83. The molecule has 0 amide bonds. The van der Waals surface area contributed by atoms with Gasteiger partial charge in [-0.3, -0.25) is 0 Å². The van der Waals surface area contributed by atoms with Crippen molar-refractivity contribution in [3.05, 3.63) is 0 Å². The smallest absolute Gasteiger partial charge is 0.0503 e. The first-order valence-corrected chi connectivity index (χ1v) is 12.3. The molecule has 1 rings (SSSR count). The van der Waals surface area contributed by atoms with Crippen LogP contribution in [0.2, 0.25) is 0 Å². The lowest BCUT2D eigenvalue weighted by molar-refractivity contribution is 0.531. The zero-order chi connectivity index (χ0) is 15.7. The van der Waals surface area contributed by atoms with E-state index in [1.54, 1.807) is 0 Å². The SMILES string of the molecule is CCCCCCCCCCCCCCCCCC1SCCS1. The molecular formula is C20H40S2. The molecule has 0 atom stereocenters. The van der Waals surface area contributed by atoms with Crippen molar-refractivity contribution in [3.63, 3.8) is 0 Å². The molecule has 1 aliphatic rings. The zero-order valence-corrected chi connectivity index (χ0v) is 16.8. The zero-order valence-electron chi connectivity index (χ0n) is 15.1. The van der Waals surface area contributed by atoms with Crippen LogP contribution >= 0.6 is 23.5 Å². The number of unbranched alkanes of at least 4 members (excludes halogenated alkanes) is 14. The molecule has 0 nitrogen and oxygen atoms in total. The lowest BCUT2D eigenvalue weighted by Crippen LogP contribution is -1.91. The highest BCUT2D eigenvalue weighted by Gasteiger charge is 2.14. The summed E-state index contributed by atoms with van der Waals surface area (Å²) in [6, 6.07) is 0. The molecule has 0 aromatic heterocycles. The Morgan fingerprint density at radius 2 is 0.909 bits per heavy atom. The van der Waals surface area contributed by atoms with Gasteiger partial charge in [-0.2, -0.15) is 0 Å². The molecule has 0 spiro atoms. The summed E-state index contributed by atoms with van der Waals surface area (Å²) < 4.78 is 0.946. The van der Waals surface area contributed by atoms with Crippen molar-refractivity contribution in [2.75, 3.05) is 11.5 Å². The summed E-state index contributed by atoms with van der Waals surface area (Å²) in [4.78, 5) is 0. The summed E-state index contributed by atoms with van der Waals surface area (Å²) in [6.45, 7) is 2.30. The van der Waals surface area contributed by atoms with Crippen LogP contribution in [0.5, 0.6) is 0 Å². The molecule has 1 aliphatic heterocycles. The second kappa shape index (κ2) is 16.6. The van der Waals surface area contributed by atoms with E-state index in [2.05, 4.69) is 30.4 Å². The molecule has 0 bridgehead atoms. The first-order valence-electron chi connectivity index (χ1n) is 10.2. The van der Waals surface area contributed by atoms with Crippen LogP contribution in [0.4, 0.5) is 0 Å². The van der Waals surface area contributed by atoms with Gasteiger partial charge in [0.2, 0.25) is 0 Å². The third-order valence-electron chi connectivity index (χ3n) is 4.73. The van der Waals surface area contributed by atoms with Crippen molar-refractivity contribution in [1.29, 1.82) is 0 Å². The largest absolute Gasteiger partial charge is 0.147 e. The molecular weight excluding hydrogens is 304 g/mol. The second-order valence-electron chi connectivity index (χ2n) is 6.91. The Bertz CT molecular complexity index is 212. The normalized spacial score (nSPS) is 15.7. The van der Waals surface area contributed by atoms with E-state index in [0.717, 1.165) is 4.58 Å². The van der Waals surface area contributed by atoms with Gasteiger partial charge in [-0.05, 0) is 6.42 Å². The fourth-order valence-corrected chi connectivity index (χ4v) is 6.18. The van der Waals surface area contributed by atoms with Gasteiger partial charge in [0, 0.05) is 11.5 Å².